The van der Waals surface area contributed by atoms with Crippen LogP contribution in [0.4, 0.5) is 4.79 Å². The Morgan fingerprint density at radius 3 is 2.65 bits per heavy atom. The van der Waals surface area contributed by atoms with Gasteiger partial charge in [-0.05, 0) is 69.4 Å². The van der Waals surface area contributed by atoms with Gasteiger partial charge in [0.15, 0.2) is 0 Å². The third kappa shape index (κ3) is 6.47. The minimum atomic E-state index is -4.00. The van der Waals surface area contributed by atoms with E-state index in [2.05, 4.69) is 30.5 Å². The Kier molecular flexibility index (Phi) is 8.66. The first-order chi connectivity index (χ1) is 24.2. The Hall–Kier alpha value is -4.80. The van der Waals surface area contributed by atoms with Crippen LogP contribution in [-0.2, 0) is 24.4 Å². The van der Waals surface area contributed by atoms with Gasteiger partial charge in [-0.2, -0.15) is 4.98 Å². The number of carboxylic acid groups (broad SMARTS) is 1. The fourth-order valence-electron chi connectivity index (χ4n) is 7.47. The van der Waals surface area contributed by atoms with Gasteiger partial charge in [-0.15, -0.1) is 10.2 Å². The van der Waals surface area contributed by atoms with Gasteiger partial charge in [0.2, 0.25) is 27.7 Å². The van der Waals surface area contributed by atoms with E-state index in [1.807, 2.05) is 43.3 Å². The Bertz CT molecular complexity index is 2050. The maximum atomic E-state index is 14.4. The number of amides is 4. The highest BCUT2D eigenvalue weighted by Gasteiger charge is 2.63. The van der Waals surface area contributed by atoms with Crippen LogP contribution in [0.25, 0.3) is 16.7 Å². The van der Waals surface area contributed by atoms with Crippen molar-refractivity contribution in [1.82, 2.24) is 39.8 Å². The second-order valence-corrected chi connectivity index (χ2v) is 17.0. The number of ether oxygens (including phenoxy) is 1. The number of carbonyl (C=O) groups is 4. The van der Waals surface area contributed by atoms with Gasteiger partial charge in [0.25, 0.3) is 11.7 Å². The molecule has 17 heteroatoms. The lowest BCUT2D eigenvalue weighted by Crippen LogP contribution is -2.59. The normalized spacial score (nSPS) is 30.8. The van der Waals surface area contributed by atoms with Crippen LogP contribution in [-0.4, -0.2) is 96.8 Å². The fourth-order valence-corrected chi connectivity index (χ4v) is 8.78. The highest BCUT2D eigenvalue weighted by Crippen LogP contribution is 2.47. The fraction of sp³-hybridized carbons (Fsp3) is 0.559. The van der Waals surface area contributed by atoms with Crippen molar-refractivity contribution in [3.63, 3.8) is 0 Å². The lowest BCUT2D eigenvalue weighted by Gasteiger charge is -2.32. The number of nitrogens with zero attached hydrogens (tertiary/aromatic N) is 5. The number of rotatable bonds is 6. The van der Waals surface area contributed by atoms with Crippen molar-refractivity contribution < 1.29 is 37.4 Å². The van der Waals surface area contributed by atoms with Crippen molar-refractivity contribution in [1.29, 1.82) is 0 Å². The van der Waals surface area contributed by atoms with Crippen LogP contribution in [0.5, 0.6) is 5.88 Å². The molecule has 2 aliphatic carbocycles. The predicted octanol–water partition coefficient (Wildman–Crippen LogP) is 2.15. The van der Waals surface area contributed by atoms with Crippen molar-refractivity contribution in [2.24, 2.45) is 17.8 Å². The molecule has 7 rings (SSSR count). The van der Waals surface area contributed by atoms with E-state index in [0.717, 1.165) is 11.9 Å². The molecule has 272 valence electrons. The number of benzene rings is 1. The van der Waals surface area contributed by atoms with Crippen molar-refractivity contribution >= 4 is 50.5 Å². The average molecular weight is 723 g/mol. The van der Waals surface area contributed by atoms with Crippen LogP contribution in [0, 0.1) is 17.8 Å². The maximum Gasteiger partial charge on any atom is 0.405 e. The van der Waals surface area contributed by atoms with Gasteiger partial charge < -0.3 is 25.4 Å². The third-order valence-electron chi connectivity index (χ3n) is 10.9. The first-order valence-electron chi connectivity index (χ1n) is 17.3. The largest absolute Gasteiger partial charge is 0.472 e. The summed E-state index contributed by atoms with van der Waals surface area (Å²) in [5, 5.41) is 23.7. The monoisotopic (exact) mass is 722 g/mol. The predicted molar refractivity (Wildman–Crippen MR) is 183 cm³/mol. The SMILES string of the molecule is C[C@@H]1CCC=C[C@@H]2C[C@@]2(C(=O)NS(=O)(=O)C2(C)CC2)NC(=O)[C@@H]2C[C@@H](Oc3nc4nncn4c4ccccc34)CN2C(=O)[C@@H](NC(=O)O)[C@H](C)C1. The number of hydrogen-bond donors (Lipinski definition) is 4. The Morgan fingerprint density at radius 1 is 1.14 bits per heavy atom. The van der Waals surface area contributed by atoms with E-state index in [4.69, 9.17) is 4.74 Å². The summed E-state index contributed by atoms with van der Waals surface area (Å²) >= 11 is 0. The second-order valence-electron chi connectivity index (χ2n) is 14.8. The van der Waals surface area contributed by atoms with Crippen LogP contribution in [0.2, 0.25) is 0 Å². The molecule has 0 radical (unpaired) electrons. The van der Waals surface area contributed by atoms with Gasteiger partial charge in [-0.25, -0.2) is 13.2 Å². The quantitative estimate of drug-likeness (QED) is 0.271. The van der Waals surface area contributed by atoms with E-state index in [9.17, 15) is 32.7 Å². The Labute approximate surface area is 294 Å². The second kappa shape index (κ2) is 12.8. The average Bonchev–Trinajstić information content (AvgIpc) is 3.86. The summed E-state index contributed by atoms with van der Waals surface area (Å²) in [5.74, 6) is -2.35. The molecule has 4 N–H and O–H groups in total. The van der Waals surface area contributed by atoms with Gasteiger partial charge in [0.05, 0.1) is 22.2 Å². The zero-order valence-electron chi connectivity index (χ0n) is 28.6. The molecule has 2 aliphatic heterocycles. The summed E-state index contributed by atoms with van der Waals surface area (Å²) in [7, 11) is -4.00. The van der Waals surface area contributed by atoms with E-state index < -0.39 is 74.1 Å². The highest BCUT2D eigenvalue weighted by atomic mass is 32.2. The highest BCUT2D eigenvalue weighted by molar-refractivity contribution is 7.91. The molecule has 3 fully saturated rings. The Balaban J connectivity index is 1.23. The molecule has 0 unspecified atom stereocenters. The molecule has 51 heavy (non-hydrogen) atoms. The van der Waals surface area contributed by atoms with Crippen molar-refractivity contribution in [3.05, 3.63) is 42.7 Å². The number of hydrogen-bond acceptors (Lipinski definition) is 10. The summed E-state index contributed by atoms with van der Waals surface area (Å²) in [5.41, 5.74) is -0.818. The lowest BCUT2D eigenvalue weighted by molar-refractivity contribution is -0.142. The molecule has 0 bridgehead atoms. The molecular weight excluding hydrogens is 680 g/mol. The maximum absolute atomic E-state index is 14.4. The summed E-state index contributed by atoms with van der Waals surface area (Å²) < 4.78 is 35.5. The number of fused-ring (bicyclic) bond motifs is 5. The first kappa shape index (κ1) is 34.6. The lowest BCUT2D eigenvalue weighted by atomic mass is 9.88. The standard InChI is InChI=1S/C34H42N8O8S/c1-19-8-4-5-9-21-16-34(21,30(45)40-51(48,49)33(3)12-13-33)38-27(43)25-15-22(17-41(25)29(44)26(20(2)14-19)36-32(46)47)50-28-23-10-6-7-11-24(23)42-18-35-39-31(42)37-28/h5-7,9-11,18-22,25-26,36H,4,8,12-17H2,1-3H3,(H,38,43)(H,40,45)(H,46,47)/t19-,20-,21-,22-,25+,26+,34-/m1/s1. The Morgan fingerprint density at radius 2 is 1.90 bits per heavy atom. The summed E-state index contributed by atoms with van der Waals surface area (Å²) in [4.78, 5) is 60.3. The van der Waals surface area contributed by atoms with E-state index in [1.165, 1.54) is 11.2 Å². The molecule has 4 aliphatic rings. The number of carbonyl (C=O) groups excluding carboxylic acids is 3. The van der Waals surface area contributed by atoms with E-state index in [-0.39, 0.29) is 37.0 Å². The van der Waals surface area contributed by atoms with E-state index in [0.29, 0.717) is 31.1 Å². The zero-order valence-corrected chi connectivity index (χ0v) is 29.4. The molecule has 4 amide bonds. The minimum absolute atomic E-state index is 0.00932. The van der Waals surface area contributed by atoms with Crippen LogP contribution in [0.1, 0.15) is 65.7 Å². The number of sulfonamides is 1. The first-order valence-corrected chi connectivity index (χ1v) is 18.8. The van der Waals surface area contributed by atoms with Crippen molar-refractivity contribution in [2.75, 3.05) is 6.54 Å². The zero-order chi connectivity index (χ0) is 36.3. The van der Waals surface area contributed by atoms with Gasteiger partial charge in [-0.1, -0.05) is 38.1 Å². The molecule has 1 saturated heterocycles. The van der Waals surface area contributed by atoms with Gasteiger partial charge in [0.1, 0.15) is 30.1 Å². The molecule has 16 nitrogen and oxygen atoms in total. The molecule has 2 saturated carbocycles. The molecule has 3 aromatic rings. The number of nitrogens with one attached hydrogen (secondary N) is 3. The summed E-state index contributed by atoms with van der Waals surface area (Å²) in [6.07, 6.45) is 6.11. The molecule has 0 spiro atoms. The molecule has 1 aromatic carbocycles. The number of aromatic nitrogens is 4. The van der Waals surface area contributed by atoms with Crippen molar-refractivity contribution in [3.8, 4) is 5.88 Å². The van der Waals surface area contributed by atoms with Crippen LogP contribution in [0.15, 0.2) is 42.7 Å². The molecule has 2 aromatic heterocycles. The van der Waals surface area contributed by atoms with Gasteiger partial charge in [0, 0.05) is 12.3 Å². The van der Waals surface area contributed by atoms with Crippen LogP contribution < -0.4 is 20.1 Å². The van der Waals surface area contributed by atoms with Crippen molar-refractivity contribution in [2.45, 2.75) is 94.2 Å². The number of allylic oxidation sites excluding steroid dienone is 1. The molecule has 4 heterocycles. The van der Waals surface area contributed by atoms with Crippen LogP contribution >= 0.6 is 0 Å². The van der Waals surface area contributed by atoms with Crippen LogP contribution in [0.3, 0.4) is 0 Å². The number of para-hydroxylation sites is 1. The third-order valence-corrected chi connectivity index (χ3v) is 13.1. The van der Waals surface area contributed by atoms with E-state index in [1.54, 1.807) is 18.2 Å². The minimum Gasteiger partial charge on any atom is -0.472 e. The summed E-state index contributed by atoms with van der Waals surface area (Å²) in [6.45, 7) is 5.33. The van der Waals surface area contributed by atoms with Gasteiger partial charge in [-0.3, -0.25) is 23.5 Å². The smallest absolute Gasteiger partial charge is 0.405 e. The molecule has 7 atom stereocenters. The molecular formula is C34H42N8O8S. The summed E-state index contributed by atoms with van der Waals surface area (Å²) in [6, 6.07) is 5.00. The topological polar surface area (TPSA) is 214 Å². The van der Waals surface area contributed by atoms with Gasteiger partial charge >= 0.3 is 6.09 Å². The van der Waals surface area contributed by atoms with E-state index >= 15 is 0 Å².